The lowest BCUT2D eigenvalue weighted by Gasteiger charge is -2.15. The van der Waals surface area contributed by atoms with Crippen molar-refractivity contribution in [2.45, 2.75) is 0 Å². The monoisotopic (exact) mass is 349 g/mol. The Hall–Kier alpha value is -3.16. The number of carbonyl (C=O) groups is 2. The molecule has 0 spiro atoms. The van der Waals surface area contributed by atoms with Crippen LogP contribution >= 0.6 is 0 Å². The smallest absolute Gasteiger partial charge is 0.355 e. The highest BCUT2D eigenvalue weighted by atomic mass is 16.5. The standard InChI is InChI=1S/C17H19NO7/c1-21-11-7-13(23-3)12(22-2)6-9(11)14-10(16(19)24-4)8-18-15(14)17(20)25-5/h6-8,18H,1-5H3. The van der Waals surface area contributed by atoms with Crippen LogP contribution < -0.4 is 14.2 Å². The summed E-state index contributed by atoms with van der Waals surface area (Å²) in [6.07, 6.45) is 1.38. The number of esters is 2. The molecule has 1 N–H and O–H groups in total. The molecule has 0 fully saturated rings. The highest BCUT2D eigenvalue weighted by Crippen LogP contribution is 2.42. The fourth-order valence-electron chi connectivity index (χ4n) is 2.46. The first-order valence-corrected chi connectivity index (χ1v) is 7.20. The molecule has 0 aliphatic carbocycles. The largest absolute Gasteiger partial charge is 0.496 e. The molecular formula is C17H19NO7. The van der Waals surface area contributed by atoms with Gasteiger partial charge in [-0.05, 0) is 6.07 Å². The lowest BCUT2D eigenvalue weighted by molar-refractivity contribution is 0.0594. The predicted molar refractivity (Wildman–Crippen MR) is 88.6 cm³/mol. The summed E-state index contributed by atoms with van der Waals surface area (Å²) >= 11 is 0. The molecule has 0 unspecified atom stereocenters. The van der Waals surface area contributed by atoms with Gasteiger partial charge in [-0.15, -0.1) is 0 Å². The maximum absolute atomic E-state index is 12.1. The molecule has 8 heteroatoms. The minimum atomic E-state index is -0.637. The Kier molecular flexibility index (Phi) is 5.53. The third-order valence-electron chi connectivity index (χ3n) is 3.65. The highest BCUT2D eigenvalue weighted by molar-refractivity contribution is 6.06. The molecule has 134 valence electrons. The van der Waals surface area contributed by atoms with Crippen molar-refractivity contribution in [3.05, 3.63) is 29.6 Å². The number of benzene rings is 1. The van der Waals surface area contributed by atoms with E-state index in [4.69, 9.17) is 23.7 Å². The summed E-state index contributed by atoms with van der Waals surface area (Å²) in [5.41, 5.74) is 0.987. The van der Waals surface area contributed by atoms with Crippen LogP contribution in [0, 0.1) is 0 Å². The van der Waals surface area contributed by atoms with Crippen LogP contribution in [0.25, 0.3) is 11.1 Å². The third kappa shape index (κ3) is 3.23. The molecule has 0 amide bonds. The van der Waals surface area contributed by atoms with Crippen LogP contribution in [0.4, 0.5) is 0 Å². The Balaban J connectivity index is 2.81. The number of H-pyrrole nitrogens is 1. The van der Waals surface area contributed by atoms with E-state index in [2.05, 4.69) is 4.98 Å². The summed E-state index contributed by atoms with van der Waals surface area (Å²) < 4.78 is 25.5. The second kappa shape index (κ2) is 7.61. The summed E-state index contributed by atoms with van der Waals surface area (Å²) in [7, 11) is 6.94. The van der Waals surface area contributed by atoms with Gasteiger partial charge in [-0.1, -0.05) is 0 Å². The minimum absolute atomic E-state index is 0.0911. The van der Waals surface area contributed by atoms with Gasteiger partial charge in [0.25, 0.3) is 0 Å². The first-order chi connectivity index (χ1) is 12.0. The van der Waals surface area contributed by atoms with Crippen molar-refractivity contribution in [1.29, 1.82) is 0 Å². The van der Waals surface area contributed by atoms with E-state index in [1.165, 1.54) is 41.7 Å². The van der Waals surface area contributed by atoms with E-state index >= 15 is 0 Å². The fraction of sp³-hybridized carbons (Fsp3) is 0.294. The molecule has 0 saturated carbocycles. The average Bonchev–Trinajstić information content (AvgIpc) is 3.10. The topological polar surface area (TPSA) is 96.1 Å². The van der Waals surface area contributed by atoms with E-state index in [1.54, 1.807) is 12.1 Å². The SMILES string of the molecule is COC(=O)c1c[nH]c(C(=O)OC)c1-c1cc(OC)c(OC)cc1OC. The van der Waals surface area contributed by atoms with E-state index in [1.807, 2.05) is 0 Å². The molecule has 0 bridgehead atoms. The maximum atomic E-state index is 12.1. The molecule has 1 heterocycles. The van der Waals surface area contributed by atoms with Crippen LogP contribution in [0.5, 0.6) is 17.2 Å². The lowest BCUT2D eigenvalue weighted by atomic mass is 9.99. The zero-order valence-electron chi connectivity index (χ0n) is 14.6. The van der Waals surface area contributed by atoms with E-state index in [9.17, 15) is 9.59 Å². The Morgan fingerprint density at radius 3 is 1.88 bits per heavy atom. The molecule has 1 aromatic heterocycles. The van der Waals surface area contributed by atoms with Crippen LogP contribution in [-0.4, -0.2) is 52.5 Å². The van der Waals surface area contributed by atoms with Crippen molar-refractivity contribution in [3.63, 3.8) is 0 Å². The van der Waals surface area contributed by atoms with Crippen LogP contribution in [0.3, 0.4) is 0 Å². The van der Waals surface area contributed by atoms with Crippen LogP contribution in [-0.2, 0) is 9.47 Å². The van der Waals surface area contributed by atoms with Gasteiger partial charge >= 0.3 is 11.9 Å². The number of hydrogen-bond donors (Lipinski definition) is 1. The molecule has 1 aromatic carbocycles. The highest BCUT2D eigenvalue weighted by Gasteiger charge is 2.27. The second-order valence-corrected chi connectivity index (χ2v) is 4.84. The Bertz CT molecular complexity index is 761. The van der Waals surface area contributed by atoms with Crippen LogP contribution in [0.2, 0.25) is 0 Å². The quantitative estimate of drug-likeness (QED) is 0.799. The maximum Gasteiger partial charge on any atom is 0.355 e. The predicted octanol–water partition coefficient (Wildman–Crippen LogP) is 2.28. The number of hydrogen-bond acceptors (Lipinski definition) is 7. The summed E-state index contributed by atoms with van der Waals surface area (Å²) in [4.78, 5) is 27.0. The second-order valence-electron chi connectivity index (χ2n) is 4.84. The molecule has 25 heavy (non-hydrogen) atoms. The van der Waals surface area contributed by atoms with Crippen molar-refractivity contribution in [1.82, 2.24) is 4.98 Å². The normalized spacial score (nSPS) is 10.1. The number of ether oxygens (including phenoxy) is 5. The number of aromatic nitrogens is 1. The summed E-state index contributed by atoms with van der Waals surface area (Å²) in [5, 5.41) is 0. The molecular weight excluding hydrogens is 330 g/mol. The number of carbonyl (C=O) groups excluding carboxylic acids is 2. The first kappa shape index (κ1) is 18.2. The van der Waals surface area contributed by atoms with Gasteiger partial charge in [0.05, 0.1) is 41.1 Å². The lowest BCUT2D eigenvalue weighted by Crippen LogP contribution is -2.07. The molecule has 0 saturated heterocycles. The average molecular weight is 349 g/mol. The van der Waals surface area contributed by atoms with Crippen LogP contribution in [0.1, 0.15) is 20.8 Å². The van der Waals surface area contributed by atoms with E-state index in [0.29, 0.717) is 22.8 Å². The van der Waals surface area contributed by atoms with Gasteiger partial charge in [0.15, 0.2) is 11.5 Å². The Morgan fingerprint density at radius 2 is 1.36 bits per heavy atom. The molecule has 2 aromatic rings. The Labute approximate surface area is 144 Å². The van der Waals surface area contributed by atoms with Crippen molar-refractivity contribution in [3.8, 4) is 28.4 Å². The van der Waals surface area contributed by atoms with E-state index in [0.717, 1.165) is 0 Å². The first-order valence-electron chi connectivity index (χ1n) is 7.20. The van der Waals surface area contributed by atoms with Crippen molar-refractivity contribution in [2.75, 3.05) is 35.5 Å². The van der Waals surface area contributed by atoms with Crippen molar-refractivity contribution in [2.24, 2.45) is 0 Å². The van der Waals surface area contributed by atoms with E-state index in [-0.39, 0.29) is 16.8 Å². The third-order valence-corrected chi connectivity index (χ3v) is 3.65. The minimum Gasteiger partial charge on any atom is -0.496 e. The zero-order valence-corrected chi connectivity index (χ0v) is 14.6. The molecule has 0 radical (unpaired) electrons. The number of rotatable bonds is 6. The summed E-state index contributed by atoms with van der Waals surface area (Å²) in [6.45, 7) is 0. The number of nitrogens with one attached hydrogen (secondary N) is 1. The molecule has 8 nitrogen and oxygen atoms in total. The van der Waals surface area contributed by atoms with Gasteiger partial charge in [-0.3, -0.25) is 0 Å². The van der Waals surface area contributed by atoms with Gasteiger partial charge in [0, 0.05) is 23.4 Å². The van der Waals surface area contributed by atoms with Gasteiger partial charge in [-0.25, -0.2) is 9.59 Å². The van der Waals surface area contributed by atoms with Gasteiger partial charge in [0.2, 0.25) is 0 Å². The van der Waals surface area contributed by atoms with Gasteiger partial charge in [0.1, 0.15) is 11.4 Å². The molecule has 2 rings (SSSR count). The number of aromatic amines is 1. The molecule has 0 aliphatic rings. The van der Waals surface area contributed by atoms with Crippen LogP contribution in [0.15, 0.2) is 18.3 Å². The summed E-state index contributed by atoms with van der Waals surface area (Å²) in [6, 6.07) is 3.21. The van der Waals surface area contributed by atoms with Gasteiger partial charge in [-0.2, -0.15) is 0 Å². The Morgan fingerprint density at radius 1 is 0.800 bits per heavy atom. The molecule has 0 atom stereocenters. The van der Waals surface area contributed by atoms with Gasteiger partial charge < -0.3 is 28.7 Å². The van der Waals surface area contributed by atoms with E-state index < -0.39 is 11.9 Å². The fourth-order valence-corrected chi connectivity index (χ4v) is 2.46. The van der Waals surface area contributed by atoms with Crippen molar-refractivity contribution >= 4 is 11.9 Å². The zero-order chi connectivity index (χ0) is 18.6. The molecule has 0 aliphatic heterocycles. The summed E-state index contributed by atoms with van der Waals surface area (Å²) in [5.74, 6) is -0.0169. The van der Waals surface area contributed by atoms with Crippen molar-refractivity contribution < 1.29 is 33.3 Å². The number of methoxy groups -OCH3 is 5.